The van der Waals surface area contributed by atoms with Crippen LogP contribution in [-0.2, 0) is 10.3 Å². The zero-order valence-electron chi connectivity index (χ0n) is 35.2. The minimum absolute atomic E-state index is 0.0000589. The van der Waals surface area contributed by atoms with Gasteiger partial charge in [0.2, 0.25) is 0 Å². The highest BCUT2D eigenvalue weighted by Gasteiger charge is 2.48. The lowest BCUT2D eigenvalue weighted by atomic mass is 9.83. The average Bonchev–Trinajstić information content (AvgIpc) is 4.09. The number of hydrogen-bond donors (Lipinski definition) is 0. The number of anilines is 2. The van der Waals surface area contributed by atoms with Gasteiger partial charge in [-0.25, -0.2) is 4.79 Å². The molecule has 5 aromatic rings. The molecule has 3 aliphatic heterocycles. The van der Waals surface area contributed by atoms with Crippen LogP contribution < -0.4 is 28.7 Å². The Morgan fingerprint density at radius 3 is 1.39 bits per heavy atom. The molecule has 0 aromatic heterocycles. The molecular weight excluding hydrogens is 866 g/mol. The first-order valence-corrected chi connectivity index (χ1v) is 22.5. The summed E-state index contributed by atoms with van der Waals surface area (Å²) < 4.78 is 30.3. The van der Waals surface area contributed by atoms with Gasteiger partial charge in [0.05, 0.1) is 53.1 Å². The fourth-order valence-electron chi connectivity index (χ4n) is 8.66. The molecule has 0 bridgehead atoms. The molecule has 12 heteroatoms. The molecule has 8 nitrogen and oxygen atoms in total. The highest BCUT2D eigenvalue weighted by atomic mass is 35.5. The van der Waals surface area contributed by atoms with Crippen LogP contribution in [0.25, 0.3) is 11.1 Å². The van der Waals surface area contributed by atoms with Gasteiger partial charge < -0.3 is 33.5 Å². The third kappa shape index (κ3) is 8.42. The number of nitrogens with zero attached hydrogens (tertiary/aromatic N) is 2. The van der Waals surface area contributed by atoms with Crippen LogP contribution in [0.5, 0.6) is 23.0 Å². The number of methoxy groups -OCH3 is 2. The molecule has 62 heavy (non-hydrogen) atoms. The van der Waals surface area contributed by atoms with E-state index in [0.717, 1.165) is 85.5 Å². The van der Waals surface area contributed by atoms with E-state index in [2.05, 4.69) is 58.3 Å². The van der Waals surface area contributed by atoms with Crippen molar-refractivity contribution in [2.75, 3.05) is 63.4 Å². The monoisotopic (exact) mass is 912 g/mol. The van der Waals surface area contributed by atoms with Gasteiger partial charge in [-0.05, 0) is 134 Å². The smallest absolute Gasteiger partial charge is 0.341 e. The molecule has 5 aromatic carbocycles. The molecule has 8 rings (SSSR count). The van der Waals surface area contributed by atoms with Crippen molar-refractivity contribution in [1.82, 2.24) is 0 Å². The Hall–Kier alpha value is -4.99. The largest absolute Gasteiger partial charge is 0.493 e. The van der Waals surface area contributed by atoms with Crippen molar-refractivity contribution in [3.63, 3.8) is 0 Å². The summed E-state index contributed by atoms with van der Waals surface area (Å²) in [4.78, 5) is 19.2. The third-order valence-electron chi connectivity index (χ3n) is 11.7. The maximum atomic E-state index is 14.4. The predicted octanol–water partition coefficient (Wildman–Crippen LogP) is 12.9. The van der Waals surface area contributed by atoms with Gasteiger partial charge in [-0.15, -0.1) is 0 Å². The number of rotatable bonds is 14. The summed E-state index contributed by atoms with van der Waals surface area (Å²) in [6.07, 6.45) is 8.42. The van der Waals surface area contributed by atoms with E-state index in [1.54, 1.807) is 14.2 Å². The second-order valence-electron chi connectivity index (χ2n) is 15.4. The summed E-state index contributed by atoms with van der Waals surface area (Å²) >= 11 is 27.7. The first-order chi connectivity index (χ1) is 30.1. The molecule has 0 unspecified atom stereocenters. The maximum Gasteiger partial charge on any atom is 0.341 e. The van der Waals surface area contributed by atoms with Crippen molar-refractivity contribution in [3.8, 4) is 23.0 Å². The normalized spacial score (nSPS) is 17.6. The van der Waals surface area contributed by atoms with E-state index >= 15 is 0 Å². The summed E-state index contributed by atoms with van der Waals surface area (Å²) in [5.41, 5.74) is 5.46. The number of halogens is 4. The lowest BCUT2D eigenvalue weighted by Gasteiger charge is -2.28. The summed E-state index contributed by atoms with van der Waals surface area (Å²) in [5, 5.41) is -0.0560. The van der Waals surface area contributed by atoms with Gasteiger partial charge in [-0.2, -0.15) is 0 Å². The number of hydrogen-bond acceptors (Lipinski definition) is 8. The minimum Gasteiger partial charge on any atom is -0.493 e. The number of carbonyl (C=O) groups is 1. The number of fused-ring (bicyclic) bond motifs is 1. The molecule has 2 fully saturated rings. The highest BCUT2D eigenvalue weighted by Crippen LogP contribution is 2.54. The Labute approximate surface area is 383 Å². The van der Waals surface area contributed by atoms with Crippen molar-refractivity contribution in [1.29, 1.82) is 0 Å². The van der Waals surface area contributed by atoms with Crippen LogP contribution >= 0.6 is 46.4 Å². The van der Waals surface area contributed by atoms with Crippen molar-refractivity contribution >= 4 is 74.9 Å². The van der Waals surface area contributed by atoms with Crippen LogP contribution in [0.1, 0.15) is 77.7 Å². The lowest BCUT2D eigenvalue weighted by molar-refractivity contribution is 0.0300. The minimum atomic E-state index is -1.72. The zero-order chi connectivity index (χ0) is 43.5. The highest BCUT2D eigenvalue weighted by molar-refractivity contribution is 6.53. The van der Waals surface area contributed by atoms with E-state index in [4.69, 9.17) is 70.1 Å². The quantitative estimate of drug-likeness (QED) is 0.0620. The SMILES string of the molecule is CCOc1ccc(/C(=C\C2(/C=C(/c3ccc(N4CCCC4)cc3)c3ccc(OCC)c(OC)c3)OC(=O)c3c(Cl)c(Cl)c(Cl)c(Cl)c32)c2ccc(N3CCCC3)cc2)cc1OC. The van der Waals surface area contributed by atoms with E-state index in [9.17, 15) is 4.79 Å². The Kier molecular flexibility index (Phi) is 13.2. The molecule has 0 radical (unpaired) electrons. The maximum absolute atomic E-state index is 14.4. The van der Waals surface area contributed by atoms with E-state index in [1.165, 1.54) is 0 Å². The average molecular weight is 915 g/mol. The number of benzene rings is 5. The summed E-state index contributed by atoms with van der Waals surface area (Å²) in [7, 11) is 3.21. The standard InChI is InChI=1S/C50H48Cl4N2O6/c1-5-60-39-21-15-33(27-41(39)58-3)37(31-11-17-35(18-12-31)55-23-7-8-24-55)29-50(44-43(49(57)62-50)45(51)47(53)48(54)46(44)52)30-38(34-16-22-40(61-6-2)42(28-34)59-4)32-13-19-36(20-14-32)56-25-9-10-26-56/h11-22,27-30H,5-10,23-26H2,1-4H3/b37-29-,38-30-. The fraction of sp³-hybridized carbons (Fsp3) is 0.300. The van der Waals surface area contributed by atoms with Crippen molar-refractivity contribution in [2.24, 2.45) is 0 Å². The van der Waals surface area contributed by atoms with Gasteiger partial charge in [-0.3, -0.25) is 0 Å². The van der Waals surface area contributed by atoms with E-state index in [0.29, 0.717) is 47.4 Å². The number of esters is 1. The molecule has 0 saturated carbocycles. The molecule has 3 heterocycles. The fourth-order valence-corrected chi connectivity index (χ4v) is 9.74. The molecule has 0 spiro atoms. The molecule has 322 valence electrons. The second kappa shape index (κ2) is 18.8. The molecule has 2 saturated heterocycles. The van der Waals surface area contributed by atoms with Crippen molar-refractivity contribution in [3.05, 3.63) is 151 Å². The van der Waals surface area contributed by atoms with Crippen LogP contribution in [-0.4, -0.2) is 59.6 Å². The summed E-state index contributed by atoms with van der Waals surface area (Å²) in [6, 6.07) is 28.3. The third-order valence-corrected chi connectivity index (χ3v) is 13.5. The number of ether oxygens (including phenoxy) is 5. The van der Waals surface area contributed by atoms with Crippen LogP contribution in [0.3, 0.4) is 0 Å². The summed E-state index contributed by atoms with van der Waals surface area (Å²) in [6.45, 7) is 8.76. The van der Waals surface area contributed by atoms with Gasteiger partial charge in [0.1, 0.15) is 0 Å². The van der Waals surface area contributed by atoms with Gasteiger partial charge in [0, 0.05) is 43.1 Å². The first kappa shape index (κ1) is 43.7. The number of cyclic esters (lactones) is 1. The zero-order valence-corrected chi connectivity index (χ0v) is 38.2. The van der Waals surface area contributed by atoms with E-state index < -0.39 is 11.6 Å². The Balaban J connectivity index is 1.44. The Bertz CT molecular complexity index is 2400. The van der Waals surface area contributed by atoms with Gasteiger partial charge in [-0.1, -0.05) is 82.8 Å². The second-order valence-corrected chi connectivity index (χ2v) is 16.9. The molecule has 0 amide bonds. The van der Waals surface area contributed by atoms with E-state index in [-0.39, 0.29) is 31.2 Å². The van der Waals surface area contributed by atoms with Crippen LogP contribution in [0.15, 0.2) is 97.1 Å². The van der Waals surface area contributed by atoms with Gasteiger partial charge >= 0.3 is 5.97 Å². The molecule has 0 atom stereocenters. The molecular formula is C50H48Cl4N2O6. The first-order valence-electron chi connectivity index (χ1n) is 21.0. The summed E-state index contributed by atoms with van der Waals surface area (Å²) in [5.74, 6) is 1.55. The van der Waals surface area contributed by atoms with Gasteiger partial charge in [0.15, 0.2) is 28.6 Å². The van der Waals surface area contributed by atoms with Crippen molar-refractivity contribution in [2.45, 2.75) is 45.1 Å². The molecule has 3 aliphatic rings. The van der Waals surface area contributed by atoms with Crippen LogP contribution in [0, 0.1) is 0 Å². The molecule has 0 aliphatic carbocycles. The lowest BCUT2D eigenvalue weighted by Crippen LogP contribution is -2.23. The topological polar surface area (TPSA) is 69.7 Å². The Morgan fingerprint density at radius 1 is 0.581 bits per heavy atom. The number of carbonyl (C=O) groups excluding carboxylic acids is 1. The van der Waals surface area contributed by atoms with Gasteiger partial charge in [0.25, 0.3) is 0 Å². The predicted molar refractivity (Wildman–Crippen MR) is 252 cm³/mol. The van der Waals surface area contributed by atoms with Crippen LogP contribution in [0.2, 0.25) is 20.1 Å². The van der Waals surface area contributed by atoms with Crippen molar-refractivity contribution < 1.29 is 28.5 Å². The van der Waals surface area contributed by atoms with E-state index in [1.807, 2.05) is 62.4 Å². The Morgan fingerprint density at radius 2 is 0.984 bits per heavy atom. The van der Waals surface area contributed by atoms with Crippen LogP contribution in [0.4, 0.5) is 11.4 Å². The molecule has 0 N–H and O–H groups in total.